The second-order valence-electron chi connectivity index (χ2n) is 4.87. The summed E-state index contributed by atoms with van der Waals surface area (Å²) in [5.41, 5.74) is 0. The van der Waals surface area contributed by atoms with Gasteiger partial charge in [-0.2, -0.15) is 0 Å². The first-order chi connectivity index (χ1) is 8.70. The lowest BCUT2D eigenvalue weighted by atomic mass is 9.92. The van der Waals surface area contributed by atoms with E-state index in [1.807, 2.05) is 13.0 Å². The number of hydrogen-bond donors (Lipinski definition) is 2. The number of aliphatic hydroxyl groups excluding tert-OH is 1. The van der Waals surface area contributed by atoms with Crippen LogP contribution in [0.5, 0.6) is 0 Å². The van der Waals surface area contributed by atoms with Crippen LogP contribution in [-0.2, 0) is 0 Å². The van der Waals surface area contributed by atoms with Gasteiger partial charge in [-0.05, 0) is 32.6 Å². The third-order valence-corrected chi connectivity index (χ3v) is 3.59. The molecule has 1 aromatic rings. The maximum absolute atomic E-state index is 9.54. The lowest BCUT2D eigenvalue weighted by Gasteiger charge is -2.33. The lowest BCUT2D eigenvalue weighted by Crippen LogP contribution is -2.36. The van der Waals surface area contributed by atoms with E-state index in [1.54, 1.807) is 6.33 Å². The van der Waals surface area contributed by atoms with Crippen molar-refractivity contribution in [2.45, 2.75) is 44.8 Å². The van der Waals surface area contributed by atoms with Crippen LogP contribution in [0.25, 0.3) is 0 Å². The highest BCUT2D eigenvalue weighted by Gasteiger charge is 2.23. The molecule has 5 heteroatoms. The Labute approximate surface area is 108 Å². The van der Waals surface area contributed by atoms with Crippen LogP contribution in [0.2, 0.25) is 0 Å². The maximum Gasteiger partial charge on any atom is 0.134 e. The first-order valence-electron chi connectivity index (χ1n) is 6.67. The van der Waals surface area contributed by atoms with Crippen molar-refractivity contribution in [3.63, 3.8) is 0 Å². The van der Waals surface area contributed by atoms with Crippen molar-refractivity contribution in [1.82, 2.24) is 9.97 Å². The summed E-state index contributed by atoms with van der Waals surface area (Å²) in [4.78, 5) is 10.7. The molecule has 0 amide bonds. The molecule has 2 rings (SSSR count). The summed E-state index contributed by atoms with van der Waals surface area (Å²) in [5.74, 6) is 1.81. The standard InChI is InChI=1S/C13H22N4O/c1-3-14-12-8-13(16-9-15-12)17(2)10-4-6-11(18)7-5-10/h8-11,18H,3-7H2,1-2H3,(H,14,15,16). The van der Waals surface area contributed by atoms with Crippen LogP contribution in [0.4, 0.5) is 11.6 Å². The molecule has 0 aromatic carbocycles. The van der Waals surface area contributed by atoms with Gasteiger partial charge in [0.2, 0.25) is 0 Å². The Morgan fingerprint density at radius 3 is 2.72 bits per heavy atom. The van der Waals surface area contributed by atoms with E-state index in [0.717, 1.165) is 43.9 Å². The predicted molar refractivity (Wildman–Crippen MR) is 72.9 cm³/mol. The average Bonchev–Trinajstić information content (AvgIpc) is 2.39. The van der Waals surface area contributed by atoms with Crippen molar-refractivity contribution in [2.75, 3.05) is 23.8 Å². The Bertz CT molecular complexity index is 377. The predicted octanol–water partition coefficient (Wildman–Crippen LogP) is 1.65. The van der Waals surface area contributed by atoms with E-state index >= 15 is 0 Å². The third-order valence-electron chi connectivity index (χ3n) is 3.59. The number of aliphatic hydroxyl groups is 1. The van der Waals surface area contributed by atoms with E-state index in [4.69, 9.17) is 0 Å². The monoisotopic (exact) mass is 250 g/mol. The number of nitrogens with zero attached hydrogens (tertiary/aromatic N) is 3. The molecule has 0 radical (unpaired) electrons. The molecule has 1 aromatic heterocycles. The molecule has 1 heterocycles. The summed E-state index contributed by atoms with van der Waals surface area (Å²) in [6.07, 6.45) is 5.32. The number of nitrogens with one attached hydrogen (secondary N) is 1. The fourth-order valence-corrected chi connectivity index (χ4v) is 2.45. The van der Waals surface area contributed by atoms with Crippen LogP contribution in [0.1, 0.15) is 32.6 Å². The third kappa shape index (κ3) is 3.10. The van der Waals surface area contributed by atoms with Crippen molar-refractivity contribution >= 4 is 11.6 Å². The first-order valence-corrected chi connectivity index (χ1v) is 6.67. The number of aromatic nitrogens is 2. The largest absolute Gasteiger partial charge is 0.393 e. The van der Waals surface area contributed by atoms with Crippen LogP contribution in [-0.4, -0.2) is 40.8 Å². The molecule has 1 aliphatic carbocycles. The molecule has 1 fully saturated rings. The summed E-state index contributed by atoms with van der Waals surface area (Å²) < 4.78 is 0. The van der Waals surface area contributed by atoms with Gasteiger partial charge in [-0.3, -0.25) is 0 Å². The number of anilines is 2. The van der Waals surface area contributed by atoms with Crippen LogP contribution in [0.3, 0.4) is 0 Å². The molecule has 0 saturated heterocycles. The molecular formula is C13H22N4O. The summed E-state index contributed by atoms with van der Waals surface area (Å²) in [6.45, 7) is 2.91. The summed E-state index contributed by atoms with van der Waals surface area (Å²) in [6, 6.07) is 2.45. The van der Waals surface area contributed by atoms with Crippen LogP contribution < -0.4 is 10.2 Å². The van der Waals surface area contributed by atoms with Gasteiger partial charge in [0.25, 0.3) is 0 Å². The molecule has 0 unspecified atom stereocenters. The van der Waals surface area contributed by atoms with Gasteiger partial charge >= 0.3 is 0 Å². The molecule has 0 spiro atoms. The molecule has 100 valence electrons. The molecule has 0 bridgehead atoms. The fourth-order valence-electron chi connectivity index (χ4n) is 2.45. The Kier molecular flexibility index (Phi) is 4.36. The van der Waals surface area contributed by atoms with Crippen molar-refractivity contribution in [2.24, 2.45) is 0 Å². The van der Waals surface area contributed by atoms with E-state index in [1.165, 1.54) is 0 Å². The normalized spacial score (nSPS) is 23.7. The van der Waals surface area contributed by atoms with Gasteiger partial charge in [-0.25, -0.2) is 9.97 Å². The average molecular weight is 250 g/mol. The fraction of sp³-hybridized carbons (Fsp3) is 0.692. The Morgan fingerprint density at radius 1 is 1.33 bits per heavy atom. The molecule has 1 aliphatic rings. The zero-order valence-electron chi connectivity index (χ0n) is 11.1. The molecule has 1 saturated carbocycles. The van der Waals surface area contributed by atoms with Crippen LogP contribution in [0, 0.1) is 0 Å². The molecule has 0 atom stereocenters. The smallest absolute Gasteiger partial charge is 0.134 e. The molecule has 5 nitrogen and oxygen atoms in total. The molecular weight excluding hydrogens is 228 g/mol. The maximum atomic E-state index is 9.54. The van der Waals surface area contributed by atoms with Gasteiger partial charge in [0.05, 0.1) is 6.10 Å². The zero-order chi connectivity index (χ0) is 13.0. The van der Waals surface area contributed by atoms with Crippen molar-refractivity contribution in [3.05, 3.63) is 12.4 Å². The molecule has 18 heavy (non-hydrogen) atoms. The second kappa shape index (κ2) is 6.00. The summed E-state index contributed by atoms with van der Waals surface area (Å²) in [7, 11) is 2.07. The zero-order valence-corrected chi connectivity index (χ0v) is 11.1. The highest BCUT2D eigenvalue weighted by atomic mass is 16.3. The Hall–Kier alpha value is -1.36. The highest BCUT2D eigenvalue weighted by Crippen LogP contribution is 2.25. The summed E-state index contributed by atoms with van der Waals surface area (Å²) >= 11 is 0. The van der Waals surface area contributed by atoms with Crippen molar-refractivity contribution in [3.8, 4) is 0 Å². The van der Waals surface area contributed by atoms with Gasteiger partial charge in [0.1, 0.15) is 18.0 Å². The van der Waals surface area contributed by atoms with Crippen molar-refractivity contribution < 1.29 is 5.11 Å². The second-order valence-corrected chi connectivity index (χ2v) is 4.87. The van der Waals surface area contributed by atoms with Crippen LogP contribution in [0.15, 0.2) is 12.4 Å². The van der Waals surface area contributed by atoms with Crippen molar-refractivity contribution in [1.29, 1.82) is 0 Å². The minimum Gasteiger partial charge on any atom is -0.393 e. The van der Waals surface area contributed by atoms with Gasteiger partial charge in [-0.1, -0.05) is 0 Å². The van der Waals surface area contributed by atoms with Gasteiger partial charge < -0.3 is 15.3 Å². The highest BCUT2D eigenvalue weighted by molar-refractivity contribution is 5.48. The van der Waals surface area contributed by atoms with Gasteiger partial charge in [0.15, 0.2) is 0 Å². The minimum absolute atomic E-state index is 0.114. The molecule has 2 N–H and O–H groups in total. The topological polar surface area (TPSA) is 61.3 Å². The molecule has 0 aliphatic heterocycles. The first kappa shape index (κ1) is 13.1. The Balaban J connectivity index is 2.03. The minimum atomic E-state index is -0.114. The Morgan fingerprint density at radius 2 is 2.06 bits per heavy atom. The lowest BCUT2D eigenvalue weighted by molar-refractivity contribution is 0.122. The quantitative estimate of drug-likeness (QED) is 0.851. The van der Waals surface area contributed by atoms with E-state index in [9.17, 15) is 5.11 Å². The van der Waals surface area contributed by atoms with Gasteiger partial charge in [0, 0.05) is 25.7 Å². The van der Waals surface area contributed by atoms with E-state index < -0.39 is 0 Å². The van der Waals surface area contributed by atoms with Gasteiger partial charge in [-0.15, -0.1) is 0 Å². The SMILES string of the molecule is CCNc1cc(N(C)C2CCC(O)CC2)ncn1. The van der Waals surface area contributed by atoms with E-state index in [0.29, 0.717) is 6.04 Å². The summed E-state index contributed by atoms with van der Waals surface area (Å²) in [5, 5.41) is 12.7. The van der Waals surface area contributed by atoms with E-state index in [-0.39, 0.29) is 6.10 Å². The van der Waals surface area contributed by atoms with Crippen LogP contribution >= 0.6 is 0 Å². The van der Waals surface area contributed by atoms with E-state index in [2.05, 4.69) is 27.2 Å². The number of hydrogen-bond acceptors (Lipinski definition) is 5. The number of rotatable bonds is 4.